The lowest BCUT2D eigenvalue weighted by Gasteiger charge is -1.99. The molecule has 0 radical (unpaired) electrons. The van der Waals surface area contributed by atoms with Crippen molar-refractivity contribution in [3.63, 3.8) is 0 Å². The van der Waals surface area contributed by atoms with Crippen LogP contribution in [0.1, 0.15) is 20.8 Å². The Morgan fingerprint density at radius 2 is 2.23 bits per heavy atom. The van der Waals surface area contributed by atoms with E-state index in [4.69, 9.17) is 11.5 Å². The fraction of sp³-hybridized carbons (Fsp3) is 0.375. The lowest BCUT2D eigenvalue weighted by molar-refractivity contribution is 0.0601. The minimum atomic E-state index is -0.397. The first-order valence-electron chi connectivity index (χ1n) is 3.78. The molecule has 1 aromatic rings. The van der Waals surface area contributed by atoms with Gasteiger partial charge < -0.3 is 16.2 Å². The Hall–Kier alpha value is -1.07. The highest BCUT2D eigenvalue weighted by Gasteiger charge is 2.18. The van der Waals surface area contributed by atoms with Crippen LogP contribution in [-0.4, -0.2) is 13.1 Å². The van der Waals surface area contributed by atoms with Crippen molar-refractivity contribution in [2.24, 2.45) is 5.73 Å². The number of nitrogen functional groups attached to an aromatic ring is 1. The van der Waals surface area contributed by atoms with E-state index in [-0.39, 0.29) is 0 Å². The fourth-order valence-corrected chi connectivity index (χ4v) is 2.08. The van der Waals surface area contributed by atoms with E-state index in [2.05, 4.69) is 4.74 Å². The number of hydrogen-bond donors (Lipinski definition) is 2. The van der Waals surface area contributed by atoms with Gasteiger partial charge in [0.2, 0.25) is 0 Å². The number of rotatable bonds is 2. The van der Waals surface area contributed by atoms with Gasteiger partial charge in [-0.2, -0.15) is 0 Å². The SMILES string of the molecule is COC(=O)c1c(N)sc(CN)c1C. The molecule has 4 N–H and O–H groups in total. The van der Waals surface area contributed by atoms with E-state index < -0.39 is 5.97 Å². The normalized spacial score (nSPS) is 10.1. The second-order valence-corrected chi connectivity index (χ2v) is 3.72. The summed E-state index contributed by atoms with van der Waals surface area (Å²) in [6.07, 6.45) is 0. The van der Waals surface area contributed by atoms with E-state index in [1.165, 1.54) is 18.4 Å². The van der Waals surface area contributed by atoms with E-state index in [9.17, 15) is 4.79 Å². The molecular formula is C8H12N2O2S. The third-order valence-corrected chi connectivity index (χ3v) is 2.99. The Morgan fingerprint density at radius 3 is 2.62 bits per heavy atom. The molecule has 4 nitrogen and oxygen atoms in total. The molecule has 0 aliphatic carbocycles. The second-order valence-electron chi connectivity index (χ2n) is 2.59. The number of methoxy groups -OCH3 is 1. The summed E-state index contributed by atoms with van der Waals surface area (Å²) in [6.45, 7) is 2.22. The first-order chi connectivity index (χ1) is 6.11. The minimum Gasteiger partial charge on any atom is -0.465 e. The first kappa shape index (κ1) is 10.0. The number of ether oxygens (including phenoxy) is 1. The predicted molar refractivity (Wildman–Crippen MR) is 52.7 cm³/mol. The molecule has 0 fully saturated rings. The summed E-state index contributed by atoms with van der Waals surface area (Å²) in [5, 5.41) is 0.477. The molecule has 5 heteroatoms. The summed E-state index contributed by atoms with van der Waals surface area (Å²) in [5.41, 5.74) is 12.4. The molecule has 1 rings (SSSR count). The van der Waals surface area contributed by atoms with Gasteiger partial charge in [-0.1, -0.05) is 0 Å². The molecule has 0 bridgehead atoms. The zero-order chi connectivity index (χ0) is 10.0. The number of carbonyl (C=O) groups is 1. The van der Waals surface area contributed by atoms with Crippen LogP contribution in [0.4, 0.5) is 5.00 Å². The smallest absolute Gasteiger partial charge is 0.341 e. The molecule has 0 unspecified atom stereocenters. The predicted octanol–water partition coefficient (Wildman–Crippen LogP) is 0.884. The van der Waals surface area contributed by atoms with Gasteiger partial charge in [0.15, 0.2) is 0 Å². The van der Waals surface area contributed by atoms with Gasteiger partial charge in [-0.15, -0.1) is 11.3 Å². The van der Waals surface area contributed by atoms with Crippen LogP contribution in [0.3, 0.4) is 0 Å². The zero-order valence-corrected chi connectivity index (χ0v) is 8.40. The van der Waals surface area contributed by atoms with Crippen molar-refractivity contribution < 1.29 is 9.53 Å². The number of hydrogen-bond acceptors (Lipinski definition) is 5. The van der Waals surface area contributed by atoms with Gasteiger partial charge in [0.05, 0.1) is 12.7 Å². The Balaban J connectivity index is 3.20. The summed E-state index contributed by atoms with van der Waals surface area (Å²) in [5.74, 6) is -0.397. The van der Waals surface area contributed by atoms with E-state index in [0.29, 0.717) is 17.1 Å². The zero-order valence-electron chi connectivity index (χ0n) is 7.59. The molecular weight excluding hydrogens is 188 g/mol. The molecule has 0 aromatic carbocycles. The Bertz CT molecular complexity index is 333. The average molecular weight is 200 g/mol. The molecule has 72 valence electrons. The van der Waals surface area contributed by atoms with Crippen LogP contribution in [0.2, 0.25) is 0 Å². The third-order valence-electron chi connectivity index (χ3n) is 1.85. The van der Waals surface area contributed by atoms with Crippen LogP contribution < -0.4 is 11.5 Å². The van der Waals surface area contributed by atoms with Crippen LogP contribution in [-0.2, 0) is 11.3 Å². The maximum Gasteiger partial charge on any atom is 0.341 e. The minimum absolute atomic E-state index is 0.397. The van der Waals surface area contributed by atoms with Crippen LogP contribution >= 0.6 is 11.3 Å². The van der Waals surface area contributed by atoms with E-state index in [0.717, 1.165) is 10.4 Å². The molecule has 1 heterocycles. The van der Waals surface area contributed by atoms with Crippen LogP contribution in [0, 0.1) is 6.92 Å². The monoisotopic (exact) mass is 200 g/mol. The first-order valence-corrected chi connectivity index (χ1v) is 4.59. The summed E-state index contributed by atoms with van der Waals surface area (Å²) in [6, 6.07) is 0. The molecule has 0 saturated carbocycles. The molecule has 0 spiro atoms. The van der Waals surface area contributed by atoms with Gasteiger partial charge in [-0.05, 0) is 12.5 Å². The number of esters is 1. The molecule has 0 aliphatic heterocycles. The van der Waals surface area contributed by atoms with Crippen molar-refractivity contribution in [3.8, 4) is 0 Å². The lowest BCUT2D eigenvalue weighted by atomic mass is 10.1. The van der Waals surface area contributed by atoms with Gasteiger partial charge in [0.1, 0.15) is 5.00 Å². The molecule has 0 aliphatic rings. The molecule has 1 aromatic heterocycles. The van der Waals surface area contributed by atoms with E-state index in [1.807, 2.05) is 6.92 Å². The highest BCUT2D eigenvalue weighted by atomic mass is 32.1. The number of nitrogens with two attached hydrogens (primary N) is 2. The van der Waals surface area contributed by atoms with Gasteiger partial charge in [0, 0.05) is 11.4 Å². The molecule has 13 heavy (non-hydrogen) atoms. The maximum absolute atomic E-state index is 11.2. The Morgan fingerprint density at radius 1 is 1.62 bits per heavy atom. The van der Waals surface area contributed by atoms with Gasteiger partial charge in [0.25, 0.3) is 0 Å². The summed E-state index contributed by atoms with van der Waals surface area (Å²) >= 11 is 1.34. The number of anilines is 1. The standard InChI is InChI=1S/C8H12N2O2S/c1-4-5(3-9)13-7(10)6(4)8(11)12-2/h3,9-10H2,1-2H3. The third kappa shape index (κ3) is 1.66. The lowest BCUT2D eigenvalue weighted by Crippen LogP contribution is -2.05. The van der Waals surface area contributed by atoms with Gasteiger partial charge in [-0.3, -0.25) is 0 Å². The highest BCUT2D eigenvalue weighted by Crippen LogP contribution is 2.30. The maximum atomic E-state index is 11.2. The summed E-state index contributed by atoms with van der Waals surface area (Å²) in [7, 11) is 1.33. The van der Waals surface area contributed by atoms with Crippen molar-refractivity contribution in [1.29, 1.82) is 0 Å². The van der Waals surface area contributed by atoms with Crippen molar-refractivity contribution >= 4 is 22.3 Å². The van der Waals surface area contributed by atoms with Crippen LogP contribution in [0.25, 0.3) is 0 Å². The van der Waals surface area contributed by atoms with Crippen LogP contribution in [0.5, 0.6) is 0 Å². The average Bonchev–Trinajstić information content (AvgIpc) is 2.40. The highest BCUT2D eigenvalue weighted by molar-refractivity contribution is 7.16. The Kier molecular flexibility index (Phi) is 2.90. The second kappa shape index (κ2) is 3.76. The van der Waals surface area contributed by atoms with Gasteiger partial charge >= 0.3 is 5.97 Å². The largest absolute Gasteiger partial charge is 0.465 e. The molecule has 0 saturated heterocycles. The van der Waals surface area contributed by atoms with Crippen molar-refractivity contribution in [3.05, 3.63) is 16.0 Å². The van der Waals surface area contributed by atoms with Crippen molar-refractivity contribution in [2.75, 3.05) is 12.8 Å². The number of thiophene rings is 1. The van der Waals surface area contributed by atoms with Crippen LogP contribution in [0.15, 0.2) is 0 Å². The van der Waals surface area contributed by atoms with E-state index >= 15 is 0 Å². The quantitative estimate of drug-likeness (QED) is 0.695. The molecule has 0 amide bonds. The van der Waals surface area contributed by atoms with Gasteiger partial charge in [-0.25, -0.2) is 4.79 Å². The summed E-state index contributed by atoms with van der Waals surface area (Å²) < 4.78 is 4.60. The van der Waals surface area contributed by atoms with Crippen molar-refractivity contribution in [1.82, 2.24) is 0 Å². The van der Waals surface area contributed by atoms with Crippen molar-refractivity contribution in [2.45, 2.75) is 13.5 Å². The molecule has 0 atom stereocenters. The van der Waals surface area contributed by atoms with E-state index in [1.54, 1.807) is 0 Å². The fourth-order valence-electron chi connectivity index (χ4n) is 1.14. The topological polar surface area (TPSA) is 78.3 Å². The number of carbonyl (C=O) groups excluding carboxylic acids is 1. The Labute approximate surface area is 80.5 Å². The summed E-state index contributed by atoms with van der Waals surface area (Å²) in [4.78, 5) is 12.2.